The monoisotopic (exact) mass is 562 g/mol. The van der Waals surface area contributed by atoms with Crippen molar-refractivity contribution in [1.29, 1.82) is 0 Å². The summed E-state index contributed by atoms with van der Waals surface area (Å²) in [4.78, 5) is 7.11. The molecule has 4 N–H and O–H groups in total. The van der Waals surface area contributed by atoms with Gasteiger partial charge >= 0.3 is 0 Å². The number of nitrogens with one attached hydrogen (secondary N) is 2. The van der Waals surface area contributed by atoms with Gasteiger partial charge in [0.2, 0.25) is 0 Å². The molecule has 0 saturated carbocycles. The zero-order valence-electron chi connectivity index (χ0n) is 25.1. The van der Waals surface area contributed by atoms with E-state index in [-0.39, 0.29) is 18.0 Å². The Morgan fingerprint density at radius 1 is 1.10 bits per heavy atom. The van der Waals surface area contributed by atoms with Crippen molar-refractivity contribution in [3.8, 4) is 11.5 Å². The highest BCUT2D eigenvalue weighted by Crippen LogP contribution is 2.54. The summed E-state index contributed by atoms with van der Waals surface area (Å²) in [5, 5.41) is 26.5. The summed E-state index contributed by atoms with van der Waals surface area (Å²) < 4.78 is 12.7. The van der Waals surface area contributed by atoms with Gasteiger partial charge in [0.25, 0.3) is 0 Å². The lowest BCUT2D eigenvalue weighted by Crippen LogP contribution is -2.32. The van der Waals surface area contributed by atoms with E-state index in [4.69, 9.17) is 9.47 Å². The van der Waals surface area contributed by atoms with Crippen LogP contribution in [0.3, 0.4) is 0 Å². The van der Waals surface area contributed by atoms with Crippen LogP contribution in [0.15, 0.2) is 60.3 Å². The maximum Gasteiger partial charge on any atom is 0.128 e. The van der Waals surface area contributed by atoms with Gasteiger partial charge in [0.05, 0.1) is 23.8 Å². The van der Waals surface area contributed by atoms with Crippen LogP contribution in [0.2, 0.25) is 0 Å². The number of H-pyrrole nitrogens is 2. The molecule has 0 unspecified atom stereocenters. The number of hydrogen-bond donors (Lipinski definition) is 4. The number of benzene rings is 3. The number of aromatic hydroxyl groups is 1. The topological polar surface area (TPSA) is 90.5 Å². The second kappa shape index (κ2) is 9.25. The van der Waals surface area contributed by atoms with Gasteiger partial charge in [0.15, 0.2) is 0 Å². The van der Waals surface area contributed by atoms with E-state index < -0.39 is 17.6 Å². The van der Waals surface area contributed by atoms with Crippen LogP contribution in [0, 0.1) is 6.92 Å². The van der Waals surface area contributed by atoms with Crippen molar-refractivity contribution in [1.82, 2.24) is 9.97 Å². The Bertz CT molecular complexity index is 1950. The number of para-hydroxylation sites is 1. The number of phenols is 1. The predicted molar refractivity (Wildman–Crippen MR) is 169 cm³/mol. The van der Waals surface area contributed by atoms with Crippen LogP contribution in [0.1, 0.15) is 74.5 Å². The van der Waals surface area contributed by atoms with Gasteiger partial charge in [-0.1, -0.05) is 35.9 Å². The molecule has 1 fully saturated rings. The lowest BCUT2D eigenvalue weighted by atomic mass is 9.78. The van der Waals surface area contributed by atoms with Gasteiger partial charge < -0.3 is 29.7 Å². The Hall–Kier alpha value is -4.00. The van der Waals surface area contributed by atoms with Crippen molar-refractivity contribution < 1.29 is 19.7 Å². The second-order valence-electron chi connectivity index (χ2n) is 13.1. The largest absolute Gasteiger partial charge is 0.507 e. The number of ether oxygens (including phenoxy) is 2. The van der Waals surface area contributed by atoms with Gasteiger partial charge in [-0.15, -0.1) is 0 Å². The van der Waals surface area contributed by atoms with Crippen LogP contribution >= 0.6 is 0 Å². The van der Waals surface area contributed by atoms with Crippen molar-refractivity contribution >= 4 is 38.8 Å². The van der Waals surface area contributed by atoms with Crippen molar-refractivity contribution in [3.63, 3.8) is 0 Å². The van der Waals surface area contributed by atoms with E-state index >= 15 is 0 Å². The number of allylic oxidation sites excluding steroid dienone is 2. The maximum absolute atomic E-state index is 11.8. The first-order valence-corrected chi connectivity index (χ1v) is 14.7. The second-order valence-corrected chi connectivity index (χ2v) is 13.1. The molecule has 42 heavy (non-hydrogen) atoms. The van der Waals surface area contributed by atoms with Crippen molar-refractivity contribution in [2.75, 3.05) is 6.61 Å². The molecular formula is C36H38N2O4. The number of phenolic OH excluding ortho intramolecular Hbond substituents is 1. The molecule has 1 saturated heterocycles. The SMILES string of the molecule is CC(C)=CCc1cccc2c([C@H]3[C@H](c4c(O)c(C)cc5c4[nH]c4ccc6c(c45)C=CC(C)(C)O6)OC[C@@]3(C)O)c[nH]c12. The zero-order valence-corrected chi connectivity index (χ0v) is 25.1. The lowest BCUT2D eigenvalue weighted by molar-refractivity contribution is 0.0313. The van der Waals surface area contributed by atoms with Crippen LogP contribution < -0.4 is 4.74 Å². The summed E-state index contributed by atoms with van der Waals surface area (Å²) in [5.74, 6) is 0.613. The Labute approximate surface area is 245 Å². The van der Waals surface area contributed by atoms with E-state index in [0.29, 0.717) is 5.56 Å². The van der Waals surface area contributed by atoms with Crippen molar-refractivity contribution in [2.24, 2.45) is 0 Å². The molecule has 0 aliphatic carbocycles. The minimum atomic E-state index is -1.15. The first-order chi connectivity index (χ1) is 19.9. The highest BCUT2D eigenvalue weighted by molar-refractivity contribution is 6.14. The predicted octanol–water partition coefficient (Wildman–Crippen LogP) is 8.12. The summed E-state index contributed by atoms with van der Waals surface area (Å²) >= 11 is 0. The maximum atomic E-state index is 11.8. The molecular weight excluding hydrogens is 524 g/mol. The number of aryl methyl sites for hydroxylation is 1. The molecule has 5 aromatic rings. The molecule has 0 amide bonds. The number of aromatic nitrogens is 2. The highest BCUT2D eigenvalue weighted by atomic mass is 16.5. The molecule has 0 bridgehead atoms. The summed E-state index contributed by atoms with van der Waals surface area (Å²) in [6.45, 7) is 12.2. The molecule has 4 heterocycles. The third-order valence-corrected chi connectivity index (χ3v) is 9.00. The Morgan fingerprint density at radius 3 is 2.69 bits per heavy atom. The van der Waals surface area contributed by atoms with Crippen LogP contribution in [-0.2, 0) is 11.2 Å². The number of fused-ring (bicyclic) bond motifs is 6. The molecule has 7 rings (SSSR count). The van der Waals surface area contributed by atoms with Crippen LogP contribution in [0.25, 0.3) is 38.8 Å². The minimum absolute atomic E-state index is 0.155. The molecule has 2 aliphatic heterocycles. The van der Waals surface area contributed by atoms with Crippen molar-refractivity contribution in [3.05, 3.63) is 88.1 Å². The summed E-state index contributed by atoms with van der Waals surface area (Å²) in [6.07, 6.45) is 8.70. The Balaban J connectivity index is 1.43. The molecule has 3 atom stereocenters. The smallest absolute Gasteiger partial charge is 0.128 e. The van der Waals surface area contributed by atoms with Crippen LogP contribution in [0.4, 0.5) is 0 Å². The van der Waals surface area contributed by atoms with Gasteiger partial charge in [0, 0.05) is 50.4 Å². The van der Waals surface area contributed by atoms with Gasteiger partial charge in [-0.3, -0.25) is 0 Å². The summed E-state index contributed by atoms with van der Waals surface area (Å²) in [6, 6.07) is 12.4. The van der Waals surface area contributed by atoms with Gasteiger partial charge in [-0.25, -0.2) is 0 Å². The first kappa shape index (κ1) is 26.9. The number of aliphatic hydroxyl groups is 1. The highest BCUT2D eigenvalue weighted by Gasteiger charge is 2.49. The lowest BCUT2D eigenvalue weighted by Gasteiger charge is -2.28. The fourth-order valence-electron chi connectivity index (χ4n) is 6.93. The normalized spacial score (nSPS) is 23.0. The Morgan fingerprint density at radius 2 is 1.90 bits per heavy atom. The minimum Gasteiger partial charge on any atom is -0.507 e. The van der Waals surface area contributed by atoms with Crippen LogP contribution in [0.5, 0.6) is 11.5 Å². The standard InChI is InChI=1S/C36H38N2O4/c1-19(2)10-11-21-8-7-9-22-25(17-37-31(21)22)30-34(41-18-36(30,6)40)29-32-24(16-20(3)33(29)39)28-23-14-15-35(4,5)42-27(23)13-12-26(28)38-32/h7-10,12-17,30,34,37-40H,11,18H2,1-6H3/t30-,34-,36+/m0/s1. The molecule has 2 aromatic heterocycles. The number of hydrogen-bond acceptors (Lipinski definition) is 4. The molecule has 0 radical (unpaired) electrons. The van der Waals surface area contributed by atoms with Gasteiger partial charge in [0.1, 0.15) is 17.1 Å². The van der Waals surface area contributed by atoms with E-state index in [1.165, 1.54) is 11.1 Å². The molecule has 216 valence electrons. The Kier molecular flexibility index (Phi) is 5.92. The van der Waals surface area contributed by atoms with E-state index in [9.17, 15) is 10.2 Å². The molecule has 0 spiro atoms. The molecule has 2 aliphatic rings. The zero-order chi connectivity index (χ0) is 29.6. The van der Waals surface area contributed by atoms with Crippen LogP contribution in [-0.4, -0.2) is 38.0 Å². The fraction of sp³-hybridized carbons (Fsp3) is 0.333. The third kappa shape index (κ3) is 4.08. The van der Waals surface area contributed by atoms with E-state index in [2.05, 4.69) is 60.2 Å². The molecule has 3 aromatic carbocycles. The van der Waals surface area contributed by atoms with E-state index in [1.54, 1.807) is 0 Å². The third-order valence-electron chi connectivity index (χ3n) is 9.00. The number of aromatic amines is 2. The quantitative estimate of drug-likeness (QED) is 0.167. The summed E-state index contributed by atoms with van der Waals surface area (Å²) in [7, 11) is 0. The molecule has 6 heteroatoms. The average Bonchev–Trinajstić information content (AvgIpc) is 3.60. The van der Waals surface area contributed by atoms with Gasteiger partial charge in [-0.05, 0) is 88.9 Å². The average molecular weight is 563 g/mol. The van der Waals surface area contributed by atoms with E-state index in [0.717, 1.165) is 61.6 Å². The first-order valence-electron chi connectivity index (χ1n) is 14.7. The summed E-state index contributed by atoms with van der Waals surface area (Å²) in [5.41, 5.74) is 7.23. The van der Waals surface area contributed by atoms with Crippen molar-refractivity contribution in [2.45, 2.75) is 71.2 Å². The number of rotatable bonds is 4. The fourth-order valence-corrected chi connectivity index (χ4v) is 6.93. The molecule has 6 nitrogen and oxygen atoms in total. The van der Waals surface area contributed by atoms with E-state index in [1.807, 2.05) is 52.1 Å². The van der Waals surface area contributed by atoms with Gasteiger partial charge in [-0.2, -0.15) is 0 Å².